The largest absolute Gasteiger partial charge is 0.490 e. The first-order valence-electron chi connectivity index (χ1n) is 9.29. The van der Waals surface area contributed by atoms with Crippen LogP contribution < -0.4 is 10.4 Å². The molecule has 0 unspecified atom stereocenters. The Morgan fingerprint density at radius 3 is 2.52 bits per heavy atom. The van der Waals surface area contributed by atoms with Gasteiger partial charge in [-0.25, -0.2) is 4.79 Å². The summed E-state index contributed by atoms with van der Waals surface area (Å²) in [5.74, 6) is 0.717. The van der Waals surface area contributed by atoms with Gasteiger partial charge in [-0.2, -0.15) is 0 Å². The summed E-state index contributed by atoms with van der Waals surface area (Å²) >= 11 is 5.97. The van der Waals surface area contributed by atoms with E-state index in [4.69, 9.17) is 20.8 Å². The molecule has 0 saturated heterocycles. The number of aryl methyl sites for hydroxylation is 1. The fourth-order valence-electron chi connectivity index (χ4n) is 3.26. The highest BCUT2D eigenvalue weighted by molar-refractivity contribution is 6.30. The number of hydrogen-bond acceptors (Lipinski definition) is 3. The highest BCUT2D eigenvalue weighted by Crippen LogP contribution is 2.29. The van der Waals surface area contributed by atoms with E-state index < -0.39 is 0 Å². The summed E-state index contributed by atoms with van der Waals surface area (Å²) < 4.78 is 11.4. The van der Waals surface area contributed by atoms with Gasteiger partial charge >= 0.3 is 5.63 Å². The average Bonchev–Trinajstić information content (AvgIpc) is 2.74. The lowest BCUT2D eigenvalue weighted by Crippen LogP contribution is -2.06. The first kappa shape index (κ1) is 19.0. The summed E-state index contributed by atoms with van der Waals surface area (Å²) in [6.45, 7) is 2.36. The predicted octanol–water partition coefficient (Wildman–Crippen LogP) is 6.51. The summed E-state index contributed by atoms with van der Waals surface area (Å²) in [6, 6.07) is 22.7. The van der Waals surface area contributed by atoms with Gasteiger partial charge in [-0.15, -0.1) is 0 Å². The van der Waals surface area contributed by atoms with E-state index in [0.29, 0.717) is 28.5 Å². The normalized spacial score (nSPS) is 11.2. The molecule has 0 radical (unpaired) electrons. The van der Waals surface area contributed by atoms with E-state index in [1.807, 2.05) is 73.7 Å². The number of ether oxygens (including phenoxy) is 1. The molecule has 3 nitrogen and oxygen atoms in total. The Morgan fingerprint density at radius 1 is 1.00 bits per heavy atom. The summed E-state index contributed by atoms with van der Waals surface area (Å²) in [7, 11) is 0. The number of rotatable bonds is 5. The first-order valence-corrected chi connectivity index (χ1v) is 9.67. The van der Waals surface area contributed by atoms with Gasteiger partial charge in [-0.05, 0) is 60.0 Å². The smallest absolute Gasteiger partial charge is 0.344 e. The standard InChI is InChI=1S/C25H19ClO3/c1-17-22-16-21(28-15-5-8-18-6-3-2-4-7-18)13-14-23(22)29-25(27)24(17)19-9-11-20(26)12-10-19/h2-14,16H,15H2,1H3/b8-5+. The maximum atomic E-state index is 12.5. The van der Waals surface area contributed by atoms with Gasteiger partial charge in [0.2, 0.25) is 0 Å². The molecule has 0 saturated carbocycles. The number of benzene rings is 3. The van der Waals surface area contributed by atoms with E-state index in [-0.39, 0.29) is 5.63 Å². The second-order valence-electron chi connectivity index (χ2n) is 6.68. The average molecular weight is 403 g/mol. The summed E-state index contributed by atoms with van der Waals surface area (Å²) in [6.07, 6.45) is 3.99. The van der Waals surface area contributed by atoms with Crippen molar-refractivity contribution in [2.75, 3.05) is 6.61 Å². The van der Waals surface area contributed by atoms with Crippen LogP contribution in [0.2, 0.25) is 5.02 Å². The Kier molecular flexibility index (Phi) is 5.50. The molecule has 0 aliphatic rings. The summed E-state index contributed by atoms with van der Waals surface area (Å²) in [4.78, 5) is 12.5. The Hall–Kier alpha value is -3.30. The minimum absolute atomic E-state index is 0.364. The van der Waals surface area contributed by atoms with Crippen molar-refractivity contribution in [1.82, 2.24) is 0 Å². The molecule has 0 N–H and O–H groups in total. The first-order chi connectivity index (χ1) is 14.1. The molecule has 0 bridgehead atoms. The Balaban J connectivity index is 1.62. The topological polar surface area (TPSA) is 39.4 Å². The van der Waals surface area contributed by atoms with E-state index in [9.17, 15) is 4.79 Å². The van der Waals surface area contributed by atoms with Gasteiger partial charge in [-0.3, -0.25) is 0 Å². The van der Waals surface area contributed by atoms with Crippen LogP contribution in [0.4, 0.5) is 0 Å². The summed E-state index contributed by atoms with van der Waals surface area (Å²) in [5.41, 5.74) is 3.47. The van der Waals surface area contributed by atoms with Crippen molar-refractivity contribution >= 4 is 28.6 Å². The SMILES string of the molecule is Cc1c(-c2ccc(Cl)cc2)c(=O)oc2ccc(OC/C=C/c3ccccc3)cc12. The second kappa shape index (κ2) is 8.38. The molecule has 29 heavy (non-hydrogen) atoms. The van der Waals surface area contributed by atoms with E-state index in [1.54, 1.807) is 18.2 Å². The maximum Gasteiger partial charge on any atom is 0.344 e. The van der Waals surface area contributed by atoms with Crippen molar-refractivity contribution in [1.29, 1.82) is 0 Å². The molecule has 0 amide bonds. The molecule has 0 aliphatic carbocycles. The minimum Gasteiger partial charge on any atom is -0.490 e. The van der Waals surface area contributed by atoms with Gasteiger partial charge < -0.3 is 9.15 Å². The Bertz CT molecular complexity index is 1220. The van der Waals surface area contributed by atoms with E-state index in [0.717, 1.165) is 22.1 Å². The Morgan fingerprint density at radius 2 is 1.76 bits per heavy atom. The fourth-order valence-corrected chi connectivity index (χ4v) is 3.39. The van der Waals surface area contributed by atoms with Crippen LogP contribution in [0.15, 0.2) is 88.1 Å². The van der Waals surface area contributed by atoms with Crippen molar-refractivity contribution in [3.63, 3.8) is 0 Å². The van der Waals surface area contributed by atoms with E-state index in [2.05, 4.69) is 0 Å². The minimum atomic E-state index is -0.364. The van der Waals surface area contributed by atoms with E-state index in [1.165, 1.54) is 0 Å². The van der Waals surface area contributed by atoms with Crippen LogP contribution in [-0.2, 0) is 0 Å². The second-order valence-corrected chi connectivity index (χ2v) is 7.11. The maximum absolute atomic E-state index is 12.5. The van der Waals surface area contributed by atoms with Crippen molar-refractivity contribution in [2.45, 2.75) is 6.92 Å². The lowest BCUT2D eigenvalue weighted by atomic mass is 9.99. The molecule has 0 spiro atoms. The van der Waals surface area contributed by atoms with Crippen molar-refractivity contribution in [3.05, 3.63) is 105 Å². The zero-order chi connectivity index (χ0) is 20.2. The van der Waals surface area contributed by atoms with Crippen LogP contribution >= 0.6 is 11.6 Å². The summed E-state index contributed by atoms with van der Waals surface area (Å²) in [5, 5.41) is 1.47. The molecule has 4 heteroatoms. The van der Waals surface area contributed by atoms with E-state index >= 15 is 0 Å². The van der Waals surface area contributed by atoms with Crippen molar-refractivity contribution < 1.29 is 9.15 Å². The fraction of sp³-hybridized carbons (Fsp3) is 0.0800. The predicted molar refractivity (Wildman–Crippen MR) is 119 cm³/mol. The number of halogens is 1. The zero-order valence-electron chi connectivity index (χ0n) is 15.9. The highest BCUT2D eigenvalue weighted by Gasteiger charge is 2.14. The zero-order valence-corrected chi connectivity index (χ0v) is 16.6. The molecule has 0 aliphatic heterocycles. The van der Waals surface area contributed by atoms with Gasteiger partial charge in [0.1, 0.15) is 17.9 Å². The number of hydrogen-bond donors (Lipinski definition) is 0. The van der Waals surface area contributed by atoms with Gasteiger partial charge in [0.05, 0.1) is 5.56 Å². The van der Waals surface area contributed by atoms with Gasteiger partial charge in [0, 0.05) is 10.4 Å². The van der Waals surface area contributed by atoms with Crippen LogP contribution in [0.25, 0.3) is 28.2 Å². The quantitative estimate of drug-likeness (QED) is 0.357. The van der Waals surface area contributed by atoms with Gasteiger partial charge in [-0.1, -0.05) is 60.1 Å². The molecule has 1 aromatic heterocycles. The monoisotopic (exact) mass is 402 g/mol. The molecular weight excluding hydrogens is 384 g/mol. The number of fused-ring (bicyclic) bond motifs is 1. The van der Waals surface area contributed by atoms with Crippen LogP contribution in [0.3, 0.4) is 0 Å². The molecule has 0 fully saturated rings. The molecule has 4 rings (SSSR count). The lowest BCUT2D eigenvalue weighted by molar-refractivity contribution is 0.364. The molecule has 0 atom stereocenters. The molecule has 144 valence electrons. The highest BCUT2D eigenvalue weighted by atomic mass is 35.5. The van der Waals surface area contributed by atoms with Crippen LogP contribution in [0.5, 0.6) is 5.75 Å². The van der Waals surface area contributed by atoms with Gasteiger partial charge in [0.15, 0.2) is 0 Å². The third-order valence-electron chi connectivity index (χ3n) is 4.73. The van der Waals surface area contributed by atoms with Crippen LogP contribution in [0.1, 0.15) is 11.1 Å². The third kappa shape index (κ3) is 4.25. The molecule has 1 heterocycles. The van der Waals surface area contributed by atoms with Crippen LogP contribution in [-0.4, -0.2) is 6.61 Å². The van der Waals surface area contributed by atoms with Crippen molar-refractivity contribution in [2.24, 2.45) is 0 Å². The molecular formula is C25H19ClO3. The van der Waals surface area contributed by atoms with Crippen molar-refractivity contribution in [3.8, 4) is 16.9 Å². The van der Waals surface area contributed by atoms with Crippen LogP contribution in [0, 0.1) is 6.92 Å². The molecule has 4 aromatic rings. The third-order valence-corrected chi connectivity index (χ3v) is 4.98. The molecule has 3 aromatic carbocycles. The van der Waals surface area contributed by atoms with Gasteiger partial charge in [0.25, 0.3) is 0 Å². The lowest BCUT2D eigenvalue weighted by Gasteiger charge is -2.10. The Labute approximate surface area is 173 Å².